The Balaban J connectivity index is 1.51. The largest absolute Gasteiger partial charge is 0.509 e. The number of hydrogen-bond donors (Lipinski definition) is 4. The molecule has 0 heterocycles. The van der Waals surface area contributed by atoms with E-state index in [1.807, 2.05) is 6.92 Å². The Kier molecular flexibility index (Phi) is 8.34. The first kappa shape index (κ1) is 30.7. The molecule has 5 nitrogen and oxygen atoms in total. The predicted octanol–water partition coefficient (Wildman–Crippen LogP) is 7.06. The molecule has 5 heteroatoms. The minimum Gasteiger partial charge on any atom is -0.509 e. The van der Waals surface area contributed by atoms with Crippen molar-refractivity contribution < 1.29 is 10.2 Å². The number of fused-ring (bicyclic) bond motifs is 3. The van der Waals surface area contributed by atoms with Crippen molar-refractivity contribution in [1.82, 2.24) is 10.2 Å². The monoisotopic (exact) mass is 577 g/mol. The van der Waals surface area contributed by atoms with Crippen LogP contribution in [-0.4, -0.2) is 46.9 Å². The lowest BCUT2D eigenvalue weighted by Gasteiger charge is -2.50. The van der Waals surface area contributed by atoms with Crippen molar-refractivity contribution in [3.8, 4) is 11.1 Å². The van der Waals surface area contributed by atoms with E-state index in [1.54, 1.807) is 0 Å². The van der Waals surface area contributed by atoms with Crippen LogP contribution in [0.2, 0.25) is 0 Å². The highest BCUT2D eigenvalue weighted by Crippen LogP contribution is 2.57. The Bertz CT molecular complexity index is 1590. The number of allylic oxidation sites excluding steroid dienone is 4. The second kappa shape index (κ2) is 11.7. The summed E-state index contributed by atoms with van der Waals surface area (Å²) in [5, 5.41) is 27.4. The van der Waals surface area contributed by atoms with Gasteiger partial charge in [-0.3, -0.25) is 0 Å². The van der Waals surface area contributed by atoms with E-state index in [0.717, 1.165) is 83.7 Å². The number of hydrogen-bond acceptors (Lipinski definition) is 5. The van der Waals surface area contributed by atoms with Crippen molar-refractivity contribution in [1.29, 1.82) is 0 Å². The molecule has 0 aliphatic heterocycles. The minimum atomic E-state index is -1.58. The van der Waals surface area contributed by atoms with Crippen LogP contribution >= 0.6 is 0 Å². The standard InChI is InChI=1S/C38H47N3O2/c1-9-41(10-2)17-16-40-27(8)28-12-11-13-29(19-28)32-15-14-22(3)34-24(5)36-30(21-33(32)34)20-31-18-23(4)35(26(7)39)25(6)38(31,43)37(36)42/h11-15,19,30-31,40,42-43H,5-10,16-18,20-21,39H2,1-4H3/t30?,31-,38+/m1/s1. The molecule has 43 heavy (non-hydrogen) atoms. The number of aliphatic hydroxyl groups excluding tert-OH is 1. The van der Waals surface area contributed by atoms with Gasteiger partial charge in [-0.05, 0) is 103 Å². The van der Waals surface area contributed by atoms with Gasteiger partial charge < -0.3 is 26.2 Å². The van der Waals surface area contributed by atoms with Crippen LogP contribution < -0.4 is 11.1 Å². The highest BCUT2D eigenvalue weighted by Gasteiger charge is 2.54. The molecule has 3 aliphatic carbocycles. The molecule has 3 aliphatic rings. The zero-order valence-corrected chi connectivity index (χ0v) is 26.3. The van der Waals surface area contributed by atoms with Crippen LogP contribution in [0.4, 0.5) is 0 Å². The van der Waals surface area contributed by atoms with Gasteiger partial charge in [-0.25, -0.2) is 0 Å². The van der Waals surface area contributed by atoms with Gasteiger partial charge in [0.2, 0.25) is 0 Å². The van der Waals surface area contributed by atoms with Crippen LogP contribution in [-0.2, 0) is 6.42 Å². The van der Waals surface area contributed by atoms with Crippen molar-refractivity contribution >= 4 is 11.3 Å². The smallest absolute Gasteiger partial charge is 0.150 e. The lowest BCUT2D eigenvalue weighted by atomic mass is 9.57. The number of nitrogens with zero attached hydrogens (tertiary/aromatic N) is 1. The molecule has 0 saturated heterocycles. The summed E-state index contributed by atoms with van der Waals surface area (Å²) >= 11 is 0. The maximum absolute atomic E-state index is 12.1. The maximum atomic E-state index is 12.1. The van der Waals surface area contributed by atoms with Crippen LogP contribution in [0.5, 0.6) is 0 Å². The van der Waals surface area contributed by atoms with Gasteiger partial charge in [-0.15, -0.1) is 0 Å². The SMILES string of the molecule is C=C(N)C1=C(C)C[C@@H]2CC3Cc4c(-c5cccc(C(=C)NCCN(CC)CC)c5)ccc(C)c4C(=C)C3=C(O)[C@]2(O)C1=C. The fourth-order valence-electron chi connectivity index (χ4n) is 7.74. The van der Waals surface area contributed by atoms with E-state index >= 15 is 0 Å². The first-order valence-electron chi connectivity index (χ1n) is 15.5. The summed E-state index contributed by atoms with van der Waals surface area (Å²) in [5.74, 6) is -0.193. The van der Waals surface area contributed by atoms with E-state index in [-0.39, 0.29) is 17.6 Å². The second-order valence-electron chi connectivity index (χ2n) is 12.5. The Morgan fingerprint density at radius 1 is 1.09 bits per heavy atom. The van der Waals surface area contributed by atoms with Gasteiger partial charge >= 0.3 is 0 Å². The number of likely N-dealkylation sites (N-methyl/N-ethyl adjacent to an activating group) is 1. The van der Waals surface area contributed by atoms with Crippen molar-refractivity contribution in [3.05, 3.63) is 119 Å². The Morgan fingerprint density at radius 3 is 2.49 bits per heavy atom. The molecule has 0 bridgehead atoms. The summed E-state index contributed by atoms with van der Waals surface area (Å²) in [6.07, 6.45) is 2.10. The number of rotatable bonds is 9. The third kappa shape index (κ3) is 5.09. The van der Waals surface area contributed by atoms with Gasteiger partial charge in [0.1, 0.15) is 11.4 Å². The Morgan fingerprint density at radius 2 is 1.81 bits per heavy atom. The van der Waals surface area contributed by atoms with E-state index in [0.29, 0.717) is 23.3 Å². The van der Waals surface area contributed by atoms with Gasteiger partial charge in [-0.1, -0.05) is 76.1 Å². The minimum absolute atomic E-state index is 0.0282. The fourth-order valence-corrected chi connectivity index (χ4v) is 7.74. The molecule has 5 rings (SSSR count). The quantitative estimate of drug-likeness (QED) is 0.257. The number of aryl methyl sites for hydroxylation is 1. The summed E-state index contributed by atoms with van der Waals surface area (Å²) in [5.41, 5.74) is 16.3. The highest BCUT2D eigenvalue weighted by molar-refractivity contribution is 5.89. The van der Waals surface area contributed by atoms with E-state index in [9.17, 15) is 10.2 Å². The van der Waals surface area contributed by atoms with Crippen molar-refractivity contribution in [2.75, 3.05) is 26.2 Å². The fraction of sp³-hybridized carbons (Fsp3) is 0.368. The first-order chi connectivity index (χ1) is 20.4. The molecular weight excluding hydrogens is 530 g/mol. The Labute approximate surface area is 257 Å². The summed E-state index contributed by atoms with van der Waals surface area (Å²) in [4.78, 5) is 2.39. The molecule has 2 aromatic rings. The van der Waals surface area contributed by atoms with Crippen LogP contribution in [0.1, 0.15) is 55.9 Å². The number of nitrogens with two attached hydrogens (primary N) is 1. The summed E-state index contributed by atoms with van der Waals surface area (Å²) in [6, 6.07) is 12.9. The zero-order chi connectivity index (χ0) is 31.2. The molecule has 1 unspecified atom stereocenters. The average Bonchev–Trinajstić information content (AvgIpc) is 2.97. The topological polar surface area (TPSA) is 81.8 Å². The molecule has 5 N–H and O–H groups in total. The number of nitrogens with one attached hydrogen (secondary N) is 1. The van der Waals surface area contributed by atoms with Crippen LogP contribution in [0, 0.1) is 18.8 Å². The first-order valence-corrected chi connectivity index (χ1v) is 15.5. The number of benzene rings is 2. The maximum Gasteiger partial charge on any atom is 0.150 e. The molecule has 0 aromatic heterocycles. The summed E-state index contributed by atoms with van der Waals surface area (Å²) in [7, 11) is 0. The van der Waals surface area contributed by atoms with Gasteiger partial charge in [0.25, 0.3) is 0 Å². The van der Waals surface area contributed by atoms with Crippen LogP contribution in [0.15, 0.2) is 96.5 Å². The molecule has 226 valence electrons. The van der Waals surface area contributed by atoms with E-state index in [2.05, 4.69) is 93.7 Å². The van der Waals surface area contributed by atoms with E-state index < -0.39 is 5.60 Å². The number of aliphatic hydroxyl groups is 2. The summed E-state index contributed by atoms with van der Waals surface area (Å²) < 4.78 is 0. The molecule has 0 fully saturated rings. The molecule has 0 radical (unpaired) electrons. The Hall–Kier alpha value is -3.80. The lowest BCUT2D eigenvalue weighted by Crippen LogP contribution is -2.50. The predicted molar refractivity (Wildman–Crippen MR) is 180 cm³/mol. The highest BCUT2D eigenvalue weighted by atomic mass is 16.3. The normalized spacial score (nSPS) is 23.2. The van der Waals surface area contributed by atoms with Crippen molar-refractivity contribution in [2.24, 2.45) is 17.6 Å². The van der Waals surface area contributed by atoms with Gasteiger partial charge in [0, 0.05) is 41.5 Å². The van der Waals surface area contributed by atoms with Gasteiger partial charge in [0.15, 0.2) is 0 Å². The molecule has 2 aromatic carbocycles. The average molecular weight is 578 g/mol. The van der Waals surface area contributed by atoms with Gasteiger partial charge in [-0.2, -0.15) is 0 Å². The zero-order valence-electron chi connectivity index (χ0n) is 26.3. The van der Waals surface area contributed by atoms with Crippen molar-refractivity contribution in [2.45, 2.75) is 52.6 Å². The third-order valence-electron chi connectivity index (χ3n) is 10.0. The molecule has 0 spiro atoms. The lowest BCUT2D eigenvalue weighted by molar-refractivity contribution is -0.00940. The van der Waals surface area contributed by atoms with Crippen LogP contribution in [0.3, 0.4) is 0 Å². The summed E-state index contributed by atoms with van der Waals surface area (Å²) in [6.45, 7) is 29.4. The molecule has 0 saturated carbocycles. The van der Waals surface area contributed by atoms with Gasteiger partial charge in [0.05, 0.1) is 0 Å². The van der Waals surface area contributed by atoms with Crippen LogP contribution in [0.25, 0.3) is 22.4 Å². The molecule has 0 amide bonds. The molecule has 3 atom stereocenters. The van der Waals surface area contributed by atoms with E-state index in [4.69, 9.17) is 5.73 Å². The van der Waals surface area contributed by atoms with Crippen molar-refractivity contribution in [3.63, 3.8) is 0 Å². The third-order valence-corrected chi connectivity index (χ3v) is 10.0. The van der Waals surface area contributed by atoms with E-state index in [1.165, 1.54) is 11.1 Å². The second-order valence-corrected chi connectivity index (χ2v) is 12.5. The molecular formula is C38H47N3O2.